The third kappa shape index (κ3) is 2.93. The molecule has 0 spiro atoms. The molecule has 94 valence electrons. The van der Waals surface area contributed by atoms with Crippen molar-refractivity contribution in [2.45, 2.75) is 34.2 Å². The van der Waals surface area contributed by atoms with Crippen molar-refractivity contribution in [3.05, 3.63) is 32.6 Å². The van der Waals surface area contributed by atoms with Gasteiger partial charge in [0.1, 0.15) is 0 Å². The average Bonchev–Trinajstić information content (AvgIpc) is 2.22. The van der Waals surface area contributed by atoms with Crippen LogP contribution in [0.3, 0.4) is 0 Å². The Balaban J connectivity index is 3.24. The van der Waals surface area contributed by atoms with Gasteiger partial charge in [0.05, 0.1) is 5.56 Å². The van der Waals surface area contributed by atoms with Gasteiger partial charge in [0.2, 0.25) is 0 Å². The van der Waals surface area contributed by atoms with Gasteiger partial charge < -0.3 is 4.98 Å². The molecule has 5 heteroatoms. The van der Waals surface area contributed by atoms with E-state index in [2.05, 4.69) is 4.98 Å². The number of nitrogens with one attached hydrogen (secondary N) is 1. The van der Waals surface area contributed by atoms with E-state index in [0.717, 1.165) is 4.57 Å². The van der Waals surface area contributed by atoms with Crippen LogP contribution in [0.2, 0.25) is 0 Å². The monoisotopic (exact) mass is 238 g/mol. The fraction of sp³-hybridized carbons (Fsp3) is 0.583. The minimum atomic E-state index is -0.506. The van der Waals surface area contributed by atoms with Crippen molar-refractivity contribution in [1.82, 2.24) is 9.55 Å². The fourth-order valence-corrected chi connectivity index (χ4v) is 1.43. The van der Waals surface area contributed by atoms with E-state index in [9.17, 15) is 14.4 Å². The summed E-state index contributed by atoms with van der Waals surface area (Å²) >= 11 is 0. The van der Waals surface area contributed by atoms with Crippen LogP contribution in [0.5, 0.6) is 0 Å². The predicted octanol–water partition coefficient (Wildman–Crippen LogP) is 1.03. The number of carbonyl (C=O) groups excluding carboxylic acids is 1. The molecule has 0 aromatic carbocycles. The zero-order chi connectivity index (χ0) is 13.2. The molecule has 1 unspecified atom stereocenters. The van der Waals surface area contributed by atoms with E-state index >= 15 is 0 Å². The van der Waals surface area contributed by atoms with E-state index in [4.69, 9.17) is 0 Å². The predicted molar refractivity (Wildman–Crippen MR) is 65.3 cm³/mol. The first-order chi connectivity index (χ1) is 7.84. The Bertz CT molecular complexity index is 525. The summed E-state index contributed by atoms with van der Waals surface area (Å²) in [6.45, 7) is 7.66. The molecule has 1 N–H and O–H groups in total. The summed E-state index contributed by atoms with van der Waals surface area (Å²) < 4.78 is 1.10. The van der Waals surface area contributed by atoms with Crippen LogP contribution in [0, 0.1) is 11.8 Å². The largest absolute Gasteiger partial charge is 0.328 e. The number of H-pyrrole nitrogens is 1. The van der Waals surface area contributed by atoms with Crippen molar-refractivity contribution in [3.63, 3.8) is 0 Å². The molecule has 0 aliphatic rings. The van der Waals surface area contributed by atoms with Gasteiger partial charge in [-0.3, -0.25) is 14.2 Å². The van der Waals surface area contributed by atoms with E-state index in [1.54, 1.807) is 0 Å². The van der Waals surface area contributed by atoms with Crippen LogP contribution in [0.15, 0.2) is 15.8 Å². The summed E-state index contributed by atoms with van der Waals surface area (Å²) in [5.41, 5.74) is -0.943. The van der Waals surface area contributed by atoms with Crippen LogP contribution in [-0.2, 0) is 6.54 Å². The van der Waals surface area contributed by atoms with Crippen molar-refractivity contribution < 1.29 is 4.79 Å². The van der Waals surface area contributed by atoms with Gasteiger partial charge >= 0.3 is 5.69 Å². The molecule has 0 bridgehead atoms. The standard InChI is InChI=1S/C12H18N2O3/c1-7(2)8(3)6-14-11(16)10(9(4)15)5-13-12(14)17/h5,7-8H,6H2,1-4H3,(H,13,17). The Morgan fingerprint density at radius 1 is 1.35 bits per heavy atom. The summed E-state index contributed by atoms with van der Waals surface area (Å²) in [6.07, 6.45) is 1.18. The zero-order valence-corrected chi connectivity index (χ0v) is 10.6. The van der Waals surface area contributed by atoms with Gasteiger partial charge in [0, 0.05) is 12.7 Å². The Kier molecular flexibility index (Phi) is 4.04. The fourth-order valence-electron chi connectivity index (χ4n) is 1.43. The molecule has 17 heavy (non-hydrogen) atoms. The minimum absolute atomic E-state index is 0.0283. The quantitative estimate of drug-likeness (QED) is 0.796. The summed E-state index contributed by atoms with van der Waals surface area (Å²) in [5, 5.41) is 0. The Morgan fingerprint density at radius 3 is 2.41 bits per heavy atom. The van der Waals surface area contributed by atoms with E-state index < -0.39 is 11.2 Å². The minimum Gasteiger partial charge on any atom is -0.313 e. The van der Waals surface area contributed by atoms with E-state index in [1.807, 2.05) is 20.8 Å². The lowest BCUT2D eigenvalue weighted by molar-refractivity contribution is 0.101. The topological polar surface area (TPSA) is 71.9 Å². The first-order valence-corrected chi connectivity index (χ1v) is 5.68. The van der Waals surface area contributed by atoms with Gasteiger partial charge in [0.25, 0.3) is 5.56 Å². The molecule has 0 saturated carbocycles. The van der Waals surface area contributed by atoms with Crippen LogP contribution in [-0.4, -0.2) is 15.3 Å². The smallest absolute Gasteiger partial charge is 0.313 e. The van der Waals surface area contributed by atoms with E-state index in [0.29, 0.717) is 12.5 Å². The molecule has 0 aliphatic carbocycles. The van der Waals surface area contributed by atoms with Crippen LogP contribution in [0.25, 0.3) is 0 Å². The molecule has 5 nitrogen and oxygen atoms in total. The van der Waals surface area contributed by atoms with Crippen LogP contribution in [0.4, 0.5) is 0 Å². The SMILES string of the molecule is CC(=O)c1c[nH]c(=O)n(CC(C)C(C)C)c1=O. The normalized spacial score (nSPS) is 12.8. The highest BCUT2D eigenvalue weighted by Gasteiger charge is 2.14. The third-order valence-electron chi connectivity index (χ3n) is 3.05. The van der Waals surface area contributed by atoms with Gasteiger partial charge in [-0.15, -0.1) is 0 Å². The molecule has 0 fully saturated rings. The van der Waals surface area contributed by atoms with Crippen LogP contribution >= 0.6 is 0 Å². The highest BCUT2D eigenvalue weighted by Crippen LogP contribution is 2.10. The van der Waals surface area contributed by atoms with Crippen LogP contribution < -0.4 is 11.2 Å². The summed E-state index contributed by atoms with van der Waals surface area (Å²) in [5.74, 6) is 0.218. The highest BCUT2D eigenvalue weighted by atomic mass is 16.2. The molecule has 1 rings (SSSR count). The molecule has 0 radical (unpaired) electrons. The average molecular weight is 238 g/mol. The number of hydrogen-bond acceptors (Lipinski definition) is 3. The van der Waals surface area contributed by atoms with Crippen LogP contribution in [0.1, 0.15) is 38.1 Å². The second-order valence-corrected chi connectivity index (χ2v) is 4.70. The van der Waals surface area contributed by atoms with E-state index in [1.165, 1.54) is 13.1 Å². The molecular formula is C12H18N2O3. The first kappa shape index (κ1) is 13.4. The molecule has 1 aromatic rings. The van der Waals surface area contributed by atoms with Gasteiger partial charge in [-0.2, -0.15) is 0 Å². The molecule has 0 saturated heterocycles. The maximum Gasteiger partial charge on any atom is 0.328 e. The van der Waals surface area contributed by atoms with Crippen molar-refractivity contribution >= 4 is 5.78 Å². The van der Waals surface area contributed by atoms with Gasteiger partial charge in [-0.05, 0) is 18.8 Å². The Hall–Kier alpha value is -1.65. The summed E-state index contributed by atoms with van der Waals surface area (Å²) in [7, 11) is 0. The molecule has 1 heterocycles. The molecule has 0 aliphatic heterocycles. The zero-order valence-electron chi connectivity index (χ0n) is 10.6. The number of Topliss-reactive ketones (excluding diaryl/α,β-unsaturated/α-hetero) is 1. The first-order valence-electron chi connectivity index (χ1n) is 5.68. The maximum absolute atomic E-state index is 11.9. The van der Waals surface area contributed by atoms with E-state index in [-0.39, 0.29) is 17.3 Å². The maximum atomic E-state index is 11.9. The lowest BCUT2D eigenvalue weighted by Gasteiger charge is -2.16. The van der Waals surface area contributed by atoms with Gasteiger partial charge in [-0.1, -0.05) is 20.8 Å². The highest BCUT2D eigenvalue weighted by molar-refractivity contribution is 5.93. The number of aromatic amines is 1. The number of nitrogens with zero attached hydrogens (tertiary/aromatic N) is 1. The second-order valence-electron chi connectivity index (χ2n) is 4.70. The van der Waals surface area contributed by atoms with Crippen molar-refractivity contribution in [2.24, 2.45) is 11.8 Å². The molecule has 0 amide bonds. The number of carbonyl (C=O) groups is 1. The van der Waals surface area contributed by atoms with Crippen molar-refractivity contribution in [1.29, 1.82) is 0 Å². The summed E-state index contributed by atoms with van der Waals surface area (Å²) in [4.78, 5) is 37.1. The molecular weight excluding hydrogens is 220 g/mol. The second kappa shape index (κ2) is 5.12. The van der Waals surface area contributed by atoms with Crippen molar-refractivity contribution in [2.75, 3.05) is 0 Å². The number of hydrogen-bond donors (Lipinski definition) is 1. The van der Waals surface area contributed by atoms with Gasteiger partial charge in [0.15, 0.2) is 5.78 Å². The number of ketones is 1. The number of rotatable bonds is 4. The summed E-state index contributed by atoms with van der Waals surface area (Å²) in [6, 6.07) is 0. The number of aromatic nitrogens is 2. The third-order valence-corrected chi connectivity index (χ3v) is 3.05. The Labute approximate surface area is 99.5 Å². The van der Waals surface area contributed by atoms with Gasteiger partial charge in [-0.25, -0.2) is 4.79 Å². The molecule has 1 atom stereocenters. The van der Waals surface area contributed by atoms with Crippen molar-refractivity contribution in [3.8, 4) is 0 Å². The lowest BCUT2D eigenvalue weighted by atomic mass is 9.98. The Morgan fingerprint density at radius 2 is 1.94 bits per heavy atom. The molecule has 1 aromatic heterocycles. The lowest BCUT2D eigenvalue weighted by Crippen LogP contribution is -2.39.